The van der Waals surface area contributed by atoms with Crippen LogP contribution in [0.3, 0.4) is 0 Å². The number of rotatable bonds is 3. The normalized spacial score (nSPS) is 10.5. The minimum atomic E-state index is -4.98. The van der Waals surface area contributed by atoms with Gasteiger partial charge < -0.3 is 14.2 Å². The highest BCUT2D eigenvalue weighted by molar-refractivity contribution is 5.96. The van der Waals surface area contributed by atoms with Crippen LogP contribution < -0.4 is 9.47 Å². The van der Waals surface area contributed by atoms with Gasteiger partial charge in [-0.05, 0) is 12.1 Å². The van der Waals surface area contributed by atoms with Gasteiger partial charge in [-0.25, -0.2) is 4.79 Å². The van der Waals surface area contributed by atoms with E-state index in [4.69, 9.17) is 10.00 Å². The Kier molecular flexibility index (Phi) is 4.22. The van der Waals surface area contributed by atoms with E-state index in [9.17, 15) is 18.0 Å². The fraction of sp³-hybridized carbons (Fsp3) is 0.273. The van der Waals surface area contributed by atoms with E-state index in [-0.39, 0.29) is 5.75 Å². The highest BCUT2D eigenvalue weighted by Crippen LogP contribution is 2.33. The lowest BCUT2D eigenvalue weighted by Crippen LogP contribution is -2.19. The first-order valence-corrected chi connectivity index (χ1v) is 4.79. The second-order valence-corrected chi connectivity index (χ2v) is 3.17. The molecule has 0 aliphatic carbocycles. The highest BCUT2D eigenvalue weighted by atomic mass is 19.4. The molecule has 1 rings (SSSR count). The fourth-order valence-electron chi connectivity index (χ4n) is 1.36. The zero-order valence-corrected chi connectivity index (χ0v) is 9.87. The first-order chi connectivity index (χ1) is 8.84. The third kappa shape index (κ3) is 3.28. The second kappa shape index (κ2) is 5.48. The van der Waals surface area contributed by atoms with Crippen molar-refractivity contribution in [2.45, 2.75) is 6.36 Å². The van der Waals surface area contributed by atoms with Crippen LogP contribution in [0.15, 0.2) is 12.1 Å². The van der Waals surface area contributed by atoms with Gasteiger partial charge in [0.15, 0.2) is 0 Å². The van der Waals surface area contributed by atoms with Gasteiger partial charge in [0.2, 0.25) is 0 Å². The zero-order valence-electron chi connectivity index (χ0n) is 9.87. The van der Waals surface area contributed by atoms with Crippen LogP contribution in [0, 0.1) is 11.3 Å². The van der Waals surface area contributed by atoms with Crippen LogP contribution in [0.25, 0.3) is 0 Å². The maximum Gasteiger partial charge on any atom is 0.573 e. The van der Waals surface area contributed by atoms with Gasteiger partial charge >= 0.3 is 12.3 Å². The number of nitrogens with zero attached hydrogens (tertiary/aromatic N) is 1. The maximum absolute atomic E-state index is 12.2. The van der Waals surface area contributed by atoms with Crippen molar-refractivity contribution in [2.75, 3.05) is 14.2 Å². The number of nitriles is 1. The molecule has 0 saturated carbocycles. The quantitative estimate of drug-likeness (QED) is 0.791. The summed E-state index contributed by atoms with van der Waals surface area (Å²) in [6.07, 6.45) is -4.98. The lowest BCUT2D eigenvalue weighted by molar-refractivity contribution is -0.274. The van der Waals surface area contributed by atoms with Gasteiger partial charge in [0.25, 0.3) is 0 Å². The molecule has 0 heterocycles. The van der Waals surface area contributed by atoms with Crippen molar-refractivity contribution in [1.82, 2.24) is 0 Å². The van der Waals surface area contributed by atoms with E-state index in [1.54, 1.807) is 0 Å². The molecule has 0 saturated heterocycles. The fourth-order valence-corrected chi connectivity index (χ4v) is 1.36. The van der Waals surface area contributed by atoms with Crippen molar-refractivity contribution in [1.29, 1.82) is 5.26 Å². The number of ether oxygens (including phenoxy) is 3. The summed E-state index contributed by atoms with van der Waals surface area (Å²) in [5, 5.41) is 8.90. The monoisotopic (exact) mass is 275 g/mol. The molecular formula is C11H8F3NO4. The van der Waals surface area contributed by atoms with Gasteiger partial charge in [0, 0.05) is 0 Å². The number of hydrogen-bond acceptors (Lipinski definition) is 5. The zero-order chi connectivity index (χ0) is 14.6. The molecule has 8 heteroatoms. The molecule has 0 unspecified atom stereocenters. The average Bonchev–Trinajstić information content (AvgIpc) is 2.35. The van der Waals surface area contributed by atoms with Gasteiger partial charge in [-0.2, -0.15) is 5.26 Å². The molecule has 0 radical (unpaired) electrons. The number of hydrogen-bond donors (Lipinski definition) is 0. The van der Waals surface area contributed by atoms with Gasteiger partial charge in [-0.3, -0.25) is 0 Å². The molecule has 0 aromatic heterocycles. The molecule has 1 aromatic rings. The maximum atomic E-state index is 12.2. The number of carbonyl (C=O) groups is 1. The number of halogens is 3. The Labute approximate surface area is 106 Å². The molecule has 0 bridgehead atoms. The number of methoxy groups -OCH3 is 2. The second-order valence-electron chi connectivity index (χ2n) is 3.17. The summed E-state index contributed by atoms with van der Waals surface area (Å²) in [5.41, 5.74) is -1.03. The Morgan fingerprint density at radius 3 is 2.26 bits per heavy atom. The predicted molar refractivity (Wildman–Crippen MR) is 55.7 cm³/mol. The Morgan fingerprint density at radius 1 is 1.26 bits per heavy atom. The third-order valence-corrected chi connectivity index (χ3v) is 2.08. The molecule has 5 nitrogen and oxygen atoms in total. The van der Waals surface area contributed by atoms with E-state index in [1.165, 1.54) is 13.2 Å². The van der Waals surface area contributed by atoms with Gasteiger partial charge in [0.1, 0.15) is 28.7 Å². The van der Waals surface area contributed by atoms with E-state index in [2.05, 4.69) is 9.47 Å². The van der Waals surface area contributed by atoms with E-state index in [0.717, 1.165) is 19.2 Å². The van der Waals surface area contributed by atoms with Crippen molar-refractivity contribution in [3.63, 3.8) is 0 Å². The minimum Gasteiger partial charge on any atom is -0.496 e. The minimum absolute atomic E-state index is 0.0853. The molecule has 0 spiro atoms. The smallest absolute Gasteiger partial charge is 0.496 e. The topological polar surface area (TPSA) is 68.6 Å². The molecular weight excluding hydrogens is 267 g/mol. The van der Waals surface area contributed by atoms with Crippen LogP contribution in [0.4, 0.5) is 13.2 Å². The number of esters is 1. The summed E-state index contributed by atoms with van der Waals surface area (Å²) < 4.78 is 49.4. The SMILES string of the molecule is COC(=O)c1c(OC)ccc(OC(F)(F)F)c1C#N. The van der Waals surface area contributed by atoms with E-state index in [0.29, 0.717) is 0 Å². The Balaban J connectivity index is 3.46. The largest absolute Gasteiger partial charge is 0.573 e. The van der Waals surface area contributed by atoms with Crippen LogP contribution in [0.1, 0.15) is 15.9 Å². The summed E-state index contributed by atoms with van der Waals surface area (Å²) in [6, 6.07) is 3.43. The van der Waals surface area contributed by atoms with E-state index >= 15 is 0 Å². The molecule has 0 amide bonds. The van der Waals surface area contributed by atoms with Crippen LogP contribution in [0.2, 0.25) is 0 Å². The Morgan fingerprint density at radius 2 is 1.84 bits per heavy atom. The van der Waals surface area contributed by atoms with Crippen molar-refractivity contribution < 1.29 is 32.2 Å². The molecule has 0 aliphatic heterocycles. The van der Waals surface area contributed by atoms with Gasteiger partial charge in [-0.1, -0.05) is 0 Å². The molecule has 1 aromatic carbocycles. The lowest BCUT2D eigenvalue weighted by Gasteiger charge is -2.14. The summed E-state index contributed by atoms with van der Waals surface area (Å²) in [4.78, 5) is 11.5. The summed E-state index contributed by atoms with van der Waals surface area (Å²) in [5.74, 6) is -1.88. The predicted octanol–water partition coefficient (Wildman–Crippen LogP) is 2.25. The molecule has 0 aliphatic rings. The number of alkyl halides is 3. The first kappa shape index (κ1) is 14.6. The molecule has 19 heavy (non-hydrogen) atoms. The molecule has 102 valence electrons. The van der Waals surface area contributed by atoms with Crippen molar-refractivity contribution >= 4 is 5.97 Å². The Bertz CT molecular complexity index is 534. The number of carbonyl (C=O) groups excluding carboxylic acids is 1. The molecule has 0 N–H and O–H groups in total. The van der Waals surface area contributed by atoms with Crippen LogP contribution >= 0.6 is 0 Å². The van der Waals surface area contributed by atoms with Crippen molar-refractivity contribution in [3.05, 3.63) is 23.3 Å². The van der Waals surface area contributed by atoms with Crippen molar-refractivity contribution in [2.24, 2.45) is 0 Å². The Hall–Kier alpha value is -2.43. The van der Waals surface area contributed by atoms with Crippen LogP contribution in [-0.2, 0) is 4.74 Å². The van der Waals surface area contributed by atoms with Crippen LogP contribution in [0.5, 0.6) is 11.5 Å². The van der Waals surface area contributed by atoms with E-state index in [1.807, 2.05) is 0 Å². The number of benzene rings is 1. The lowest BCUT2D eigenvalue weighted by atomic mass is 10.1. The first-order valence-electron chi connectivity index (χ1n) is 4.79. The third-order valence-electron chi connectivity index (χ3n) is 2.08. The molecule has 0 atom stereocenters. The highest BCUT2D eigenvalue weighted by Gasteiger charge is 2.34. The average molecular weight is 275 g/mol. The van der Waals surface area contributed by atoms with E-state index < -0.39 is 29.2 Å². The van der Waals surface area contributed by atoms with Crippen LogP contribution in [-0.4, -0.2) is 26.6 Å². The van der Waals surface area contributed by atoms with Gasteiger partial charge in [-0.15, -0.1) is 13.2 Å². The van der Waals surface area contributed by atoms with Crippen molar-refractivity contribution in [3.8, 4) is 17.6 Å². The summed E-state index contributed by atoms with van der Waals surface area (Å²) >= 11 is 0. The standard InChI is InChI=1S/C11H8F3NO4/c1-17-8-4-3-7(19-11(12,13)14)6(5-15)9(8)10(16)18-2/h3-4H,1-2H3. The summed E-state index contributed by atoms with van der Waals surface area (Å²) in [7, 11) is 2.23. The summed E-state index contributed by atoms with van der Waals surface area (Å²) in [6.45, 7) is 0. The molecule has 0 fully saturated rings. The van der Waals surface area contributed by atoms with Gasteiger partial charge in [0.05, 0.1) is 14.2 Å².